The number of carbonyl (C=O) groups excluding carboxylic acids is 1. The molecule has 98 valence electrons. The highest BCUT2D eigenvalue weighted by Gasteiger charge is 2.23. The second-order valence-electron chi connectivity index (χ2n) is 4.16. The lowest BCUT2D eigenvalue weighted by molar-refractivity contribution is -0.119. The number of methoxy groups -OCH3 is 1. The number of ether oxygens (including phenoxy) is 1. The monoisotopic (exact) mass is 376 g/mol. The van der Waals surface area contributed by atoms with Gasteiger partial charge in [-0.25, -0.2) is 0 Å². The zero-order chi connectivity index (χ0) is 13.1. The molecule has 4 nitrogen and oxygen atoms in total. The molecular formula is C12H14Br2N2O2. The fraction of sp³-hybridized carbons (Fsp3) is 0.417. The second kappa shape index (κ2) is 5.93. The Morgan fingerprint density at radius 3 is 2.50 bits per heavy atom. The minimum absolute atomic E-state index is 0.0205. The van der Waals surface area contributed by atoms with Crippen molar-refractivity contribution in [2.45, 2.75) is 18.9 Å². The van der Waals surface area contributed by atoms with Crippen molar-refractivity contribution in [2.24, 2.45) is 0 Å². The highest BCUT2D eigenvalue weighted by Crippen LogP contribution is 2.35. The fourth-order valence-electron chi connectivity index (χ4n) is 1.51. The van der Waals surface area contributed by atoms with Crippen LogP contribution in [0.2, 0.25) is 0 Å². The van der Waals surface area contributed by atoms with Gasteiger partial charge in [0.05, 0.1) is 19.3 Å². The normalized spacial score (nSPS) is 14.2. The summed E-state index contributed by atoms with van der Waals surface area (Å²) in [6.07, 6.45) is 2.20. The van der Waals surface area contributed by atoms with Crippen LogP contribution in [-0.2, 0) is 4.79 Å². The number of halogens is 2. The van der Waals surface area contributed by atoms with E-state index in [1.54, 1.807) is 7.11 Å². The van der Waals surface area contributed by atoms with Gasteiger partial charge in [-0.2, -0.15) is 0 Å². The maximum absolute atomic E-state index is 11.6. The average molecular weight is 378 g/mol. The Labute approximate surface area is 123 Å². The smallest absolute Gasteiger partial charge is 0.239 e. The number of benzene rings is 1. The molecule has 0 aromatic heterocycles. The summed E-state index contributed by atoms with van der Waals surface area (Å²) in [7, 11) is 1.62. The fourth-order valence-corrected chi connectivity index (χ4v) is 2.94. The highest BCUT2D eigenvalue weighted by molar-refractivity contribution is 9.11. The molecule has 18 heavy (non-hydrogen) atoms. The topological polar surface area (TPSA) is 50.4 Å². The molecule has 1 saturated carbocycles. The van der Waals surface area contributed by atoms with Crippen molar-refractivity contribution < 1.29 is 9.53 Å². The third-order valence-electron chi connectivity index (χ3n) is 2.62. The lowest BCUT2D eigenvalue weighted by Crippen LogP contribution is -2.31. The summed E-state index contributed by atoms with van der Waals surface area (Å²) < 4.78 is 6.86. The van der Waals surface area contributed by atoms with Crippen LogP contribution >= 0.6 is 31.9 Å². The van der Waals surface area contributed by atoms with Crippen molar-refractivity contribution >= 4 is 43.5 Å². The number of hydrogen-bond acceptors (Lipinski definition) is 3. The van der Waals surface area contributed by atoms with E-state index in [0.29, 0.717) is 6.04 Å². The van der Waals surface area contributed by atoms with E-state index in [2.05, 4.69) is 42.5 Å². The van der Waals surface area contributed by atoms with E-state index >= 15 is 0 Å². The molecule has 2 rings (SSSR count). The minimum atomic E-state index is 0.0205. The molecule has 0 radical (unpaired) electrons. The van der Waals surface area contributed by atoms with Crippen molar-refractivity contribution in [3.8, 4) is 5.75 Å². The molecule has 0 spiro atoms. The van der Waals surface area contributed by atoms with Gasteiger partial charge in [-0.05, 0) is 56.8 Å². The zero-order valence-electron chi connectivity index (χ0n) is 9.93. The van der Waals surface area contributed by atoms with Gasteiger partial charge >= 0.3 is 0 Å². The van der Waals surface area contributed by atoms with Crippen molar-refractivity contribution in [3.63, 3.8) is 0 Å². The summed E-state index contributed by atoms with van der Waals surface area (Å²) >= 11 is 6.90. The van der Waals surface area contributed by atoms with Gasteiger partial charge in [0.25, 0.3) is 0 Å². The molecule has 0 bridgehead atoms. The Balaban J connectivity index is 1.97. The molecule has 2 N–H and O–H groups in total. The number of carbonyl (C=O) groups is 1. The van der Waals surface area contributed by atoms with E-state index in [1.165, 1.54) is 0 Å². The number of amides is 1. The minimum Gasteiger partial charge on any atom is -0.497 e. The summed E-state index contributed by atoms with van der Waals surface area (Å²) in [5.74, 6) is 0.772. The van der Waals surface area contributed by atoms with Gasteiger partial charge in [0.2, 0.25) is 5.91 Å². The molecule has 0 aliphatic heterocycles. The third-order valence-corrected chi connectivity index (χ3v) is 3.87. The summed E-state index contributed by atoms with van der Waals surface area (Å²) in [6, 6.07) is 4.10. The van der Waals surface area contributed by atoms with Gasteiger partial charge in [-0.15, -0.1) is 0 Å². The van der Waals surface area contributed by atoms with Crippen LogP contribution in [0.1, 0.15) is 12.8 Å². The van der Waals surface area contributed by atoms with E-state index in [-0.39, 0.29) is 12.5 Å². The summed E-state index contributed by atoms with van der Waals surface area (Å²) in [4.78, 5) is 11.6. The van der Waals surface area contributed by atoms with Gasteiger partial charge in [0.1, 0.15) is 5.75 Å². The summed E-state index contributed by atoms with van der Waals surface area (Å²) in [5.41, 5.74) is 0.849. The number of anilines is 1. The lowest BCUT2D eigenvalue weighted by atomic mass is 10.3. The predicted molar refractivity (Wildman–Crippen MR) is 78.0 cm³/mol. The average Bonchev–Trinajstić information content (AvgIpc) is 3.11. The molecule has 1 aliphatic rings. The van der Waals surface area contributed by atoms with Gasteiger partial charge in [0, 0.05) is 15.0 Å². The standard InChI is InChI=1S/C12H14Br2N2O2/c1-18-8-4-9(13)12(10(14)5-8)15-6-11(17)16-7-2-3-7/h4-5,7,15H,2-3,6H2,1H3,(H,16,17). The van der Waals surface area contributed by atoms with Crippen LogP contribution in [0.3, 0.4) is 0 Å². The van der Waals surface area contributed by atoms with Gasteiger partial charge in [-0.1, -0.05) is 0 Å². The number of hydrogen-bond donors (Lipinski definition) is 2. The molecule has 1 aliphatic carbocycles. The maximum atomic E-state index is 11.6. The van der Waals surface area contributed by atoms with Crippen LogP contribution in [0.25, 0.3) is 0 Å². The van der Waals surface area contributed by atoms with Crippen molar-refractivity contribution in [2.75, 3.05) is 19.0 Å². The molecule has 1 aromatic carbocycles. The molecule has 1 aromatic rings. The SMILES string of the molecule is COc1cc(Br)c(NCC(=O)NC2CC2)c(Br)c1. The van der Waals surface area contributed by atoms with Crippen LogP contribution in [0, 0.1) is 0 Å². The van der Waals surface area contributed by atoms with Crippen molar-refractivity contribution in [3.05, 3.63) is 21.1 Å². The first-order valence-electron chi connectivity index (χ1n) is 5.66. The van der Waals surface area contributed by atoms with Gasteiger partial charge in [0.15, 0.2) is 0 Å². The number of rotatable bonds is 5. The molecular weight excluding hydrogens is 364 g/mol. The van der Waals surface area contributed by atoms with E-state index in [4.69, 9.17) is 4.74 Å². The Morgan fingerprint density at radius 2 is 2.00 bits per heavy atom. The Bertz CT molecular complexity index is 438. The zero-order valence-corrected chi connectivity index (χ0v) is 13.1. The van der Waals surface area contributed by atoms with E-state index < -0.39 is 0 Å². The van der Waals surface area contributed by atoms with Crippen LogP contribution in [-0.4, -0.2) is 25.6 Å². The first kappa shape index (κ1) is 13.7. The second-order valence-corrected chi connectivity index (χ2v) is 5.87. The first-order valence-corrected chi connectivity index (χ1v) is 7.25. The van der Waals surface area contributed by atoms with Crippen LogP contribution < -0.4 is 15.4 Å². The third kappa shape index (κ3) is 3.62. The molecule has 0 unspecified atom stereocenters. The molecule has 0 heterocycles. The number of nitrogens with one attached hydrogen (secondary N) is 2. The van der Waals surface area contributed by atoms with E-state index in [0.717, 1.165) is 33.2 Å². The van der Waals surface area contributed by atoms with Gasteiger partial charge < -0.3 is 15.4 Å². The van der Waals surface area contributed by atoms with Crippen LogP contribution in [0.4, 0.5) is 5.69 Å². The molecule has 0 saturated heterocycles. The molecule has 0 atom stereocenters. The summed E-state index contributed by atoms with van der Waals surface area (Å²) in [5, 5.41) is 6.03. The predicted octanol–water partition coefficient (Wildman–Crippen LogP) is 2.91. The maximum Gasteiger partial charge on any atom is 0.239 e. The quantitative estimate of drug-likeness (QED) is 0.829. The lowest BCUT2D eigenvalue weighted by Gasteiger charge is -2.12. The summed E-state index contributed by atoms with van der Waals surface area (Å²) in [6.45, 7) is 0.264. The van der Waals surface area contributed by atoms with E-state index in [1.807, 2.05) is 12.1 Å². The molecule has 6 heteroatoms. The Kier molecular flexibility index (Phi) is 4.50. The van der Waals surface area contributed by atoms with Crippen molar-refractivity contribution in [1.82, 2.24) is 5.32 Å². The van der Waals surface area contributed by atoms with E-state index in [9.17, 15) is 4.79 Å². The Hall–Kier alpha value is -0.750. The molecule has 1 fully saturated rings. The largest absolute Gasteiger partial charge is 0.497 e. The van der Waals surface area contributed by atoms with Gasteiger partial charge in [-0.3, -0.25) is 4.79 Å². The van der Waals surface area contributed by atoms with Crippen LogP contribution in [0.15, 0.2) is 21.1 Å². The molecule has 1 amide bonds. The van der Waals surface area contributed by atoms with Crippen LogP contribution in [0.5, 0.6) is 5.75 Å². The first-order chi connectivity index (χ1) is 8.60. The Morgan fingerprint density at radius 1 is 1.39 bits per heavy atom. The van der Waals surface area contributed by atoms with Crippen molar-refractivity contribution in [1.29, 1.82) is 0 Å². The highest BCUT2D eigenvalue weighted by atomic mass is 79.9.